The first-order valence-electron chi connectivity index (χ1n) is 5.79. The zero-order chi connectivity index (χ0) is 16.5. The molecule has 0 fully saturated rings. The molecule has 0 aliphatic carbocycles. The summed E-state index contributed by atoms with van der Waals surface area (Å²) in [5.41, 5.74) is -0.533. The second kappa shape index (κ2) is 6.45. The van der Waals surface area contributed by atoms with E-state index in [1.165, 1.54) is 0 Å². The van der Waals surface area contributed by atoms with Crippen LogP contribution in [0.1, 0.15) is 5.56 Å². The largest absolute Gasteiger partial charge is 0.242 e. The van der Waals surface area contributed by atoms with Gasteiger partial charge in [0.1, 0.15) is 22.3 Å². The van der Waals surface area contributed by atoms with Gasteiger partial charge in [0.15, 0.2) is 0 Å². The average Bonchev–Trinajstić information content (AvgIpc) is 2.42. The Balaban J connectivity index is 2.29. The molecule has 0 saturated heterocycles. The van der Waals surface area contributed by atoms with E-state index in [0.717, 1.165) is 30.3 Å². The zero-order valence-electron chi connectivity index (χ0n) is 10.7. The van der Waals surface area contributed by atoms with Gasteiger partial charge < -0.3 is 0 Å². The van der Waals surface area contributed by atoms with Gasteiger partial charge in [-0.1, -0.05) is 23.2 Å². The van der Waals surface area contributed by atoms with E-state index in [1.807, 2.05) is 4.72 Å². The van der Waals surface area contributed by atoms with E-state index in [2.05, 4.69) is 0 Å². The van der Waals surface area contributed by atoms with E-state index in [1.54, 1.807) is 0 Å². The van der Waals surface area contributed by atoms with E-state index in [-0.39, 0.29) is 10.0 Å². The van der Waals surface area contributed by atoms with Crippen LogP contribution in [0.15, 0.2) is 35.2 Å². The summed E-state index contributed by atoms with van der Waals surface area (Å²) in [6, 6.07) is 4.60. The van der Waals surface area contributed by atoms with E-state index in [4.69, 9.17) is 23.2 Å². The van der Waals surface area contributed by atoms with Crippen LogP contribution in [-0.2, 0) is 16.6 Å². The molecule has 0 spiro atoms. The maximum absolute atomic E-state index is 13.7. The second-order valence-electron chi connectivity index (χ2n) is 4.22. The third-order valence-corrected chi connectivity index (χ3v) is 4.94. The number of hydrogen-bond acceptors (Lipinski definition) is 2. The Bertz CT molecular complexity index is 828. The number of halogens is 5. The summed E-state index contributed by atoms with van der Waals surface area (Å²) in [6.07, 6.45) is 0. The molecule has 2 aromatic rings. The van der Waals surface area contributed by atoms with Gasteiger partial charge in [-0.05, 0) is 30.3 Å². The minimum absolute atomic E-state index is 0.338. The van der Waals surface area contributed by atoms with E-state index >= 15 is 0 Å². The van der Waals surface area contributed by atoms with Gasteiger partial charge in [0, 0.05) is 12.1 Å². The molecule has 0 amide bonds. The highest BCUT2D eigenvalue weighted by molar-refractivity contribution is 7.89. The van der Waals surface area contributed by atoms with Gasteiger partial charge in [0.2, 0.25) is 10.0 Å². The third-order valence-electron chi connectivity index (χ3n) is 2.76. The van der Waals surface area contributed by atoms with Gasteiger partial charge in [-0.3, -0.25) is 0 Å². The molecular formula is C13H8Cl2F3NO2S. The monoisotopic (exact) mass is 369 g/mol. The van der Waals surface area contributed by atoms with Crippen molar-refractivity contribution in [1.82, 2.24) is 4.72 Å². The highest BCUT2D eigenvalue weighted by Crippen LogP contribution is 2.24. The van der Waals surface area contributed by atoms with Gasteiger partial charge in [-0.2, -0.15) is 0 Å². The number of nitrogens with one attached hydrogen (secondary N) is 1. The minimum Gasteiger partial charge on any atom is -0.207 e. The van der Waals surface area contributed by atoms with Crippen molar-refractivity contribution in [1.29, 1.82) is 0 Å². The van der Waals surface area contributed by atoms with Crippen molar-refractivity contribution in [2.45, 2.75) is 11.4 Å². The molecule has 2 rings (SSSR count). The Morgan fingerprint density at radius 1 is 1.00 bits per heavy atom. The molecule has 0 atom stereocenters. The Hall–Kier alpha value is -1.28. The smallest absolute Gasteiger partial charge is 0.207 e. The Morgan fingerprint density at radius 3 is 2.32 bits per heavy atom. The summed E-state index contributed by atoms with van der Waals surface area (Å²) in [5, 5.41) is -0.685. The first-order chi connectivity index (χ1) is 10.2. The first-order valence-corrected chi connectivity index (χ1v) is 8.03. The van der Waals surface area contributed by atoms with E-state index in [9.17, 15) is 21.6 Å². The molecule has 118 valence electrons. The molecular weight excluding hydrogens is 362 g/mol. The first kappa shape index (κ1) is 17.1. The van der Waals surface area contributed by atoms with Crippen LogP contribution in [0.3, 0.4) is 0 Å². The maximum atomic E-state index is 13.7. The van der Waals surface area contributed by atoms with Gasteiger partial charge in [0.05, 0.1) is 10.0 Å². The van der Waals surface area contributed by atoms with Gasteiger partial charge in [0.25, 0.3) is 0 Å². The van der Waals surface area contributed by atoms with Gasteiger partial charge >= 0.3 is 0 Å². The van der Waals surface area contributed by atoms with Crippen LogP contribution >= 0.6 is 23.2 Å². The lowest BCUT2D eigenvalue weighted by atomic mass is 10.2. The molecule has 0 radical (unpaired) electrons. The summed E-state index contributed by atoms with van der Waals surface area (Å²) in [5.74, 6) is -2.72. The normalized spacial score (nSPS) is 11.7. The Kier molecular flexibility index (Phi) is 5.01. The standard InChI is InChI=1S/C13H8Cl2F3NO2S/c14-9-2-3-11(17)8(13(9)18)6-19-22(20,21)12-4-1-7(16)5-10(12)15/h1-5,19H,6H2. The third kappa shape index (κ3) is 3.55. The predicted molar refractivity (Wildman–Crippen MR) is 76.8 cm³/mol. The van der Waals surface area contributed by atoms with Crippen molar-refractivity contribution in [3.63, 3.8) is 0 Å². The predicted octanol–water partition coefficient (Wildman–Crippen LogP) is 3.89. The summed E-state index contributed by atoms with van der Waals surface area (Å²) in [4.78, 5) is -0.404. The van der Waals surface area contributed by atoms with Crippen LogP contribution in [0, 0.1) is 17.5 Å². The molecule has 3 nitrogen and oxygen atoms in total. The lowest BCUT2D eigenvalue weighted by Crippen LogP contribution is -2.24. The summed E-state index contributed by atoms with van der Waals surface area (Å²) in [7, 11) is -4.18. The highest BCUT2D eigenvalue weighted by Gasteiger charge is 2.20. The van der Waals surface area contributed by atoms with Gasteiger partial charge in [-0.25, -0.2) is 26.3 Å². The summed E-state index contributed by atoms with van der Waals surface area (Å²) in [6.45, 7) is -0.672. The van der Waals surface area contributed by atoms with Crippen molar-refractivity contribution in [2.24, 2.45) is 0 Å². The zero-order valence-corrected chi connectivity index (χ0v) is 13.0. The fourth-order valence-electron chi connectivity index (χ4n) is 1.67. The minimum atomic E-state index is -4.18. The molecule has 0 saturated carbocycles. The highest BCUT2D eigenvalue weighted by atomic mass is 35.5. The van der Waals surface area contributed by atoms with Crippen LogP contribution in [0.25, 0.3) is 0 Å². The van der Waals surface area contributed by atoms with Crippen LogP contribution in [0.4, 0.5) is 13.2 Å². The molecule has 0 bridgehead atoms. The van der Waals surface area contributed by atoms with Crippen molar-refractivity contribution in [3.8, 4) is 0 Å². The number of rotatable bonds is 4. The molecule has 22 heavy (non-hydrogen) atoms. The fraction of sp³-hybridized carbons (Fsp3) is 0.0769. The van der Waals surface area contributed by atoms with Crippen LogP contribution in [0.2, 0.25) is 10.0 Å². The summed E-state index contributed by atoms with van der Waals surface area (Å²) < 4.78 is 66.2. The lowest BCUT2D eigenvalue weighted by Gasteiger charge is -2.10. The molecule has 0 unspecified atom stereocenters. The van der Waals surface area contributed by atoms with Crippen LogP contribution in [0.5, 0.6) is 0 Å². The molecule has 0 aromatic heterocycles. The topological polar surface area (TPSA) is 46.2 Å². The lowest BCUT2D eigenvalue weighted by molar-refractivity contribution is 0.544. The molecule has 1 N–H and O–H groups in total. The van der Waals surface area contributed by atoms with Crippen molar-refractivity contribution < 1.29 is 21.6 Å². The Labute approximate surface area is 134 Å². The summed E-state index contributed by atoms with van der Waals surface area (Å²) >= 11 is 11.2. The van der Waals surface area contributed by atoms with Crippen LogP contribution in [-0.4, -0.2) is 8.42 Å². The molecule has 2 aromatic carbocycles. The SMILES string of the molecule is O=S(=O)(NCc1c(F)ccc(Cl)c1F)c1ccc(F)cc1Cl. The van der Waals surface area contributed by atoms with Crippen LogP contribution < -0.4 is 4.72 Å². The quantitative estimate of drug-likeness (QED) is 0.831. The average molecular weight is 370 g/mol. The van der Waals surface area contributed by atoms with Crippen molar-refractivity contribution >= 4 is 33.2 Å². The maximum Gasteiger partial charge on any atom is 0.242 e. The molecule has 0 aliphatic rings. The van der Waals surface area contributed by atoms with Crippen molar-refractivity contribution in [2.75, 3.05) is 0 Å². The molecule has 0 heterocycles. The van der Waals surface area contributed by atoms with E-state index < -0.39 is 44.5 Å². The Morgan fingerprint density at radius 2 is 1.68 bits per heavy atom. The van der Waals surface area contributed by atoms with E-state index in [0.29, 0.717) is 0 Å². The second-order valence-corrected chi connectivity index (χ2v) is 6.77. The van der Waals surface area contributed by atoms with Crippen molar-refractivity contribution in [3.05, 3.63) is 63.4 Å². The van der Waals surface area contributed by atoms with Gasteiger partial charge in [-0.15, -0.1) is 0 Å². The number of benzene rings is 2. The molecule has 0 aliphatic heterocycles. The molecule has 9 heteroatoms. The fourth-order valence-corrected chi connectivity index (χ4v) is 3.37. The number of hydrogen-bond donors (Lipinski definition) is 1. The number of sulfonamides is 1.